The Hall–Kier alpha value is -4.32. The van der Waals surface area contributed by atoms with Crippen LogP contribution in [-0.2, 0) is 9.59 Å². The number of H-pyrrole nitrogens is 1. The van der Waals surface area contributed by atoms with E-state index in [1.54, 1.807) is 30.5 Å². The predicted octanol–water partition coefficient (Wildman–Crippen LogP) is 4.81. The molecule has 1 aliphatic heterocycles. The number of hydrogen-bond donors (Lipinski definition) is 3. The number of rotatable bonds is 3. The average Bonchev–Trinajstić information content (AvgIpc) is 3.34. The lowest BCUT2D eigenvalue weighted by Gasteiger charge is -2.26. The number of carbonyl (C=O) groups is 2. The first-order chi connectivity index (χ1) is 15.5. The van der Waals surface area contributed by atoms with Crippen molar-refractivity contribution in [2.75, 3.05) is 4.90 Å². The Balaban J connectivity index is 1.78. The van der Waals surface area contributed by atoms with Crippen molar-refractivity contribution in [3.05, 3.63) is 101 Å². The van der Waals surface area contributed by atoms with Gasteiger partial charge in [0.25, 0.3) is 11.7 Å². The van der Waals surface area contributed by atoms with E-state index in [-0.39, 0.29) is 17.1 Å². The molecule has 3 N–H and O–H groups in total. The molecule has 0 aliphatic carbocycles. The molecular formula is C26H20N2O4. The molecule has 1 atom stereocenters. The standard InChI is InChI=1S/C26H20N2O4/c1-15-6-2-5-9-21(15)28-23(16-10-12-17(29)13-11-16)22(25(31)26(28)32)24(30)19-14-27-20-8-4-3-7-18(19)20/h2-14,23,27,29-30H,1H3/b24-22-. The number of phenols is 1. The van der Waals surface area contributed by atoms with Gasteiger partial charge in [-0.25, -0.2) is 0 Å². The lowest BCUT2D eigenvalue weighted by Crippen LogP contribution is -2.30. The van der Waals surface area contributed by atoms with Gasteiger partial charge in [-0.1, -0.05) is 48.5 Å². The Morgan fingerprint density at radius 1 is 0.938 bits per heavy atom. The highest BCUT2D eigenvalue weighted by Gasteiger charge is 2.47. The number of aromatic nitrogens is 1. The van der Waals surface area contributed by atoms with E-state index >= 15 is 0 Å². The lowest BCUT2D eigenvalue weighted by molar-refractivity contribution is -0.132. The van der Waals surface area contributed by atoms with E-state index < -0.39 is 17.7 Å². The van der Waals surface area contributed by atoms with Crippen LogP contribution >= 0.6 is 0 Å². The Morgan fingerprint density at radius 2 is 1.62 bits per heavy atom. The maximum absolute atomic E-state index is 13.3. The second-order valence-electron chi connectivity index (χ2n) is 7.80. The Bertz CT molecular complexity index is 1400. The molecule has 0 bridgehead atoms. The first-order valence-electron chi connectivity index (χ1n) is 10.2. The fraction of sp³-hybridized carbons (Fsp3) is 0.0769. The highest BCUT2D eigenvalue weighted by molar-refractivity contribution is 6.52. The number of anilines is 1. The predicted molar refractivity (Wildman–Crippen MR) is 122 cm³/mol. The van der Waals surface area contributed by atoms with Gasteiger partial charge in [-0.2, -0.15) is 0 Å². The molecule has 1 fully saturated rings. The molecule has 0 saturated carbocycles. The van der Waals surface area contributed by atoms with Crippen molar-refractivity contribution < 1.29 is 19.8 Å². The summed E-state index contributed by atoms with van der Waals surface area (Å²) < 4.78 is 0. The number of nitrogens with one attached hydrogen (secondary N) is 1. The van der Waals surface area contributed by atoms with E-state index in [1.807, 2.05) is 43.3 Å². The van der Waals surface area contributed by atoms with Crippen molar-refractivity contribution in [1.82, 2.24) is 4.98 Å². The number of aliphatic hydroxyl groups excluding tert-OH is 1. The first kappa shape index (κ1) is 19.6. The van der Waals surface area contributed by atoms with Crippen LogP contribution in [0, 0.1) is 6.92 Å². The van der Waals surface area contributed by atoms with E-state index in [9.17, 15) is 19.8 Å². The Morgan fingerprint density at radius 3 is 2.38 bits per heavy atom. The summed E-state index contributed by atoms with van der Waals surface area (Å²) in [5.74, 6) is -1.64. The number of amides is 1. The summed E-state index contributed by atoms with van der Waals surface area (Å²) in [5, 5.41) is 21.8. The molecule has 6 heteroatoms. The van der Waals surface area contributed by atoms with Crippen LogP contribution in [0.2, 0.25) is 0 Å². The molecule has 5 rings (SSSR count). The van der Waals surface area contributed by atoms with Crippen LogP contribution in [0.3, 0.4) is 0 Å². The number of ketones is 1. The second-order valence-corrected chi connectivity index (χ2v) is 7.80. The van der Waals surface area contributed by atoms with E-state index in [2.05, 4.69) is 4.98 Å². The van der Waals surface area contributed by atoms with Gasteiger partial charge in [0, 0.05) is 28.4 Å². The van der Waals surface area contributed by atoms with Crippen LogP contribution in [0.5, 0.6) is 5.75 Å². The van der Waals surface area contributed by atoms with Crippen LogP contribution in [0.25, 0.3) is 16.7 Å². The molecule has 1 unspecified atom stereocenters. The van der Waals surface area contributed by atoms with Crippen molar-refractivity contribution in [3.63, 3.8) is 0 Å². The summed E-state index contributed by atoms with van der Waals surface area (Å²) in [6.45, 7) is 1.86. The van der Waals surface area contributed by atoms with Crippen molar-refractivity contribution in [3.8, 4) is 5.75 Å². The number of phenolic OH excluding ortho intramolecular Hbond substituents is 1. The minimum Gasteiger partial charge on any atom is -0.508 e. The number of aliphatic hydroxyl groups is 1. The van der Waals surface area contributed by atoms with Gasteiger partial charge in [0.2, 0.25) is 0 Å². The first-order valence-corrected chi connectivity index (χ1v) is 10.2. The zero-order valence-corrected chi connectivity index (χ0v) is 17.2. The van der Waals surface area contributed by atoms with Crippen molar-refractivity contribution in [2.24, 2.45) is 0 Å². The normalized spacial score (nSPS) is 17.9. The fourth-order valence-corrected chi connectivity index (χ4v) is 4.30. The lowest BCUT2D eigenvalue weighted by atomic mass is 9.94. The average molecular weight is 424 g/mol. The van der Waals surface area contributed by atoms with E-state index in [1.165, 1.54) is 17.0 Å². The number of benzene rings is 3. The highest BCUT2D eigenvalue weighted by atomic mass is 16.3. The number of nitrogens with zero attached hydrogens (tertiary/aromatic N) is 1. The number of para-hydroxylation sites is 2. The van der Waals surface area contributed by atoms with Gasteiger partial charge in [-0.3, -0.25) is 14.5 Å². The SMILES string of the molecule is Cc1ccccc1N1C(=O)C(=O)/C(=C(\O)c2c[nH]c3ccccc23)C1c1ccc(O)cc1. The summed E-state index contributed by atoms with van der Waals surface area (Å²) in [5.41, 5.74) is 3.28. The van der Waals surface area contributed by atoms with Gasteiger partial charge in [0.15, 0.2) is 0 Å². The van der Waals surface area contributed by atoms with E-state index in [0.29, 0.717) is 16.8 Å². The highest BCUT2D eigenvalue weighted by Crippen LogP contribution is 2.43. The molecule has 0 radical (unpaired) electrons. The van der Waals surface area contributed by atoms with Crippen LogP contribution in [0.1, 0.15) is 22.7 Å². The molecule has 2 heterocycles. The summed E-state index contributed by atoms with van der Waals surface area (Å²) >= 11 is 0. The molecule has 3 aromatic carbocycles. The third-order valence-electron chi connectivity index (χ3n) is 5.87. The summed E-state index contributed by atoms with van der Waals surface area (Å²) in [6.07, 6.45) is 1.63. The van der Waals surface area contributed by atoms with Crippen LogP contribution in [-0.4, -0.2) is 26.9 Å². The maximum Gasteiger partial charge on any atom is 0.300 e. The molecule has 0 spiro atoms. The molecule has 32 heavy (non-hydrogen) atoms. The maximum atomic E-state index is 13.3. The van der Waals surface area contributed by atoms with Gasteiger partial charge >= 0.3 is 0 Å². The third kappa shape index (κ3) is 2.96. The van der Waals surface area contributed by atoms with Crippen molar-refractivity contribution in [2.45, 2.75) is 13.0 Å². The largest absolute Gasteiger partial charge is 0.508 e. The quantitative estimate of drug-likeness (QED) is 0.250. The molecule has 158 valence electrons. The molecule has 1 amide bonds. The number of aromatic hydroxyl groups is 1. The number of fused-ring (bicyclic) bond motifs is 1. The number of hydrogen-bond acceptors (Lipinski definition) is 4. The fourth-order valence-electron chi connectivity index (χ4n) is 4.30. The minimum atomic E-state index is -0.842. The van der Waals surface area contributed by atoms with Gasteiger partial charge in [0.05, 0.1) is 11.6 Å². The molecule has 1 saturated heterocycles. The van der Waals surface area contributed by atoms with Gasteiger partial charge in [-0.05, 0) is 42.3 Å². The summed E-state index contributed by atoms with van der Waals surface area (Å²) in [4.78, 5) is 31.0. The van der Waals surface area contributed by atoms with Gasteiger partial charge < -0.3 is 15.2 Å². The molecule has 4 aromatic rings. The zero-order chi connectivity index (χ0) is 22.4. The minimum absolute atomic E-state index is 0.00805. The number of aryl methyl sites for hydroxylation is 1. The second kappa shape index (κ2) is 7.42. The molecule has 6 nitrogen and oxygen atoms in total. The molecule has 1 aliphatic rings. The van der Waals surface area contributed by atoms with Crippen molar-refractivity contribution >= 4 is 34.0 Å². The molecular weight excluding hydrogens is 404 g/mol. The molecule has 1 aromatic heterocycles. The van der Waals surface area contributed by atoms with E-state index in [0.717, 1.165) is 16.5 Å². The topological polar surface area (TPSA) is 93.6 Å². The van der Waals surface area contributed by atoms with E-state index in [4.69, 9.17) is 0 Å². The van der Waals surface area contributed by atoms with Crippen LogP contribution < -0.4 is 4.90 Å². The number of aromatic amines is 1. The monoisotopic (exact) mass is 424 g/mol. The number of carbonyl (C=O) groups excluding carboxylic acids is 2. The van der Waals surface area contributed by atoms with Crippen LogP contribution in [0.15, 0.2) is 84.6 Å². The Labute approximate surface area is 184 Å². The number of Topliss-reactive ketones (excluding diaryl/α,β-unsaturated/α-hetero) is 1. The van der Waals surface area contributed by atoms with Gasteiger partial charge in [-0.15, -0.1) is 0 Å². The zero-order valence-electron chi connectivity index (χ0n) is 17.2. The Kier molecular flexibility index (Phi) is 4.56. The summed E-state index contributed by atoms with van der Waals surface area (Å²) in [7, 11) is 0. The van der Waals surface area contributed by atoms with Crippen molar-refractivity contribution in [1.29, 1.82) is 0 Å². The van der Waals surface area contributed by atoms with Crippen LogP contribution in [0.4, 0.5) is 5.69 Å². The smallest absolute Gasteiger partial charge is 0.300 e. The third-order valence-corrected chi connectivity index (χ3v) is 5.87. The van der Waals surface area contributed by atoms with Gasteiger partial charge in [0.1, 0.15) is 11.5 Å². The summed E-state index contributed by atoms with van der Waals surface area (Å²) in [6, 6.07) is 20.2.